The van der Waals surface area contributed by atoms with Crippen LogP contribution in [0, 0.1) is 48.3 Å². The highest BCUT2D eigenvalue weighted by atomic mass is 16.5. The highest BCUT2D eigenvalue weighted by Crippen LogP contribution is 2.67. The number of benzene rings is 1. The molecule has 1 aromatic carbocycles. The fourth-order valence-electron chi connectivity index (χ4n) is 6.86. The lowest BCUT2D eigenvalue weighted by Crippen LogP contribution is -2.42. The minimum absolute atomic E-state index is 0.248. The van der Waals surface area contributed by atoms with Gasteiger partial charge in [-0.25, -0.2) is 0 Å². The van der Waals surface area contributed by atoms with E-state index in [2.05, 4.69) is 67.5 Å². The summed E-state index contributed by atoms with van der Waals surface area (Å²) in [4.78, 5) is 11.3. The first kappa shape index (κ1) is 20.4. The molecule has 2 nitrogen and oxygen atoms in total. The number of fused-ring (bicyclic) bond motifs is 2. The highest BCUT2D eigenvalue weighted by molar-refractivity contribution is 5.69. The third-order valence-electron chi connectivity index (χ3n) is 7.20. The number of esters is 1. The zero-order valence-electron chi connectivity index (χ0n) is 18.8. The van der Waals surface area contributed by atoms with Gasteiger partial charge in [0.2, 0.25) is 0 Å². The van der Waals surface area contributed by atoms with Gasteiger partial charge >= 0.3 is 5.97 Å². The molecule has 5 atom stereocenters. The van der Waals surface area contributed by atoms with Crippen LogP contribution in [0.1, 0.15) is 83.9 Å². The summed E-state index contributed by atoms with van der Waals surface area (Å²) in [7, 11) is 0. The lowest BCUT2D eigenvalue weighted by atomic mass is 9.56. The molecule has 2 heteroatoms. The van der Waals surface area contributed by atoms with E-state index in [0.717, 1.165) is 23.7 Å². The molecule has 5 unspecified atom stereocenters. The molecule has 2 bridgehead atoms. The lowest BCUT2D eigenvalue weighted by Gasteiger charge is -2.49. The fourth-order valence-corrected chi connectivity index (χ4v) is 6.86. The van der Waals surface area contributed by atoms with E-state index in [1.54, 1.807) is 0 Å². The fraction of sp³-hybridized carbons (Fsp3) is 0.720. The molecule has 0 saturated heterocycles. The first-order valence-electron chi connectivity index (χ1n) is 10.6. The normalized spacial score (nSPS) is 30.6. The molecule has 2 fully saturated rings. The smallest absolute Gasteiger partial charge is 0.308 e. The van der Waals surface area contributed by atoms with Crippen LogP contribution in [0.5, 0.6) is 5.75 Å². The van der Waals surface area contributed by atoms with Gasteiger partial charge < -0.3 is 4.74 Å². The molecule has 1 aromatic rings. The topological polar surface area (TPSA) is 26.3 Å². The van der Waals surface area contributed by atoms with Crippen molar-refractivity contribution < 1.29 is 9.53 Å². The molecule has 2 aliphatic carbocycles. The Kier molecular flexibility index (Phi) is 5.02. The number of hydrogen-bond acceptors (Lipinski definition) is 2. The van der Waals surface area contributed by atoms with Crippen LogP contribution < -0.4 is 4.74 Å². The zero-order valence-corrected chi connectivity index (χ0v) is 18.8. The van der Waals surface area contributed by atoms with Crippen molar-refractivity contribution in [3.63, 3.8) is 0 Å². The number of ether oxygens (including phenoxy) is 1. The van der Waals surface area contributed by atoms with Crippen molar-refractivity contribution in [2.45, 2.75) is 81.1 Å². The molecule has 2 aliphatic rings. The molecule has 27 heavy (non-hydrogen) atoms. The third-order valence-corrected chi connectivity index (χ3v) is 7.20. The van der Waals surface area contributed by atoms with E-state index in [9.17, 15) is 4.79 Å². The summed E-state index contributed by atoms with van der Waals surface area (Å²) in [6, 6.07) is 4.12. The molecule has 0 amide bonds. The molecule has 0 spiro atoms. The zero-order chi connectivity index (χ0) is 20.3. The number of carbonyl (C=O) groups excluding carboxylic acids is 1. The van der Waals surface area contributed by atoms with Crippen LogP contribution in [-0.4, -0.2) is 5.97 Å². The van der Waals surface area contributed by atoms with Crippen LogP contribution in [0.15, 0.2) is 12.1 Å². The predicted molar refractivity (Wildman–Crippen MR) is 112 cm³/mol. The first-order chi connectivity index (χ1) is 12.3. The lowest BCUT2D eigenvalue weighted by molar-refractivity contribution is -0.131. The summed E-state index contributed by atoms with van der Waals surface area (Å²) in [6.07, 6.45) is 2.69. The molecule has 0 heterocycles. The van der Waals surface area contributed by atoms with Crippen molar-refractivity contribution in [2.24, 2.45) is 34.5 Å². The monoisotopic (exact) mass is 370 g/mol. The van der Waals surface area contributed by atoms with E-state index in [4.69, 9.17) is 4.74 Å². The largest absolute Gasteiger partial charge is 0.427 e. The van der Waals surface area contributed by atoms with Gasteiger partial charge in [0.1, 0.15) is 5.75 Å². The maximum absolute atomic E-state index is 11.3. The standard InChI is InChI=1S/C25H38O2/c1-14-10-18(27-16(3)26)11-15(2)21(14)19-12-17-13-20(19)23(25(7,8)9)22(17)24(4,5)6/h10-11,17,19-20,22-23H,12-13H2,1-9H3. The van der Waals surface area contributed by atoms with Crippen LogP contribution in [0.3, 0.4) is 0 Å². The van der Waals surface area contributed by atoms with Crippen molar-refractivity contribution in [2.75, 3.05) is 0 Å². The summed E-state index contributed by atoms with van der Waals surface area (Å²) in [5, 5.41) is 0. The Bertz CT molecular complexity index is 709. The van der Waals surface area contributed by atoms with E-state index < -0.39 is 0 Å². The highest BCUT2D eigenvalue weighted by Gasteiger charge is 2.59. The average molecular weight is 371 g/mol. The molecule has 150 valence electrons. The number of rotatable bonds is 2. The molecule has 0 aliphatic heterocycles. The van der Waals surface area contributed by atoms with Crippen molar-refractivity contribution >= 4 is 5.97 Å². The van der Waals surface area contributed by atoms with Crippen LogP contribution in [0.2, 0.25) is 0 Å². The van der Waals surface area contributed by atoms with Gasteiger partial charge in [-0.2, -0.15) is 0 Å². The van der Waals surface area contributed by atoms with Gasteiger partial charge in [0.25, 0.3) is 0 Å². The van der Waals surface area contributed by atoms with Gasteiger partial charge in [0.15, 0.2) is 0 Å². The van der Waals surface area contributed by atoms with Crippen LogP contribution in [0.4, 0.5) is 0 Å². The second-order valence-corrected chi connectivity index (χ2v) is 11.3. The first-order valence-corrected chi connectivity index (χ1v) is 10.6. The van der Waals surface area contributed by atoms with Gasteiger partial charge in [-0.1, -0.05) is 41.5 Å². The molecule has 0 radical (unpaired) electrons. The average Bonchev–Trinajstić information content (AvgIpc) is 3.02. The second-order valence-electron chi connectivity index (χ2n) is 11.3. The van der Waals surface area contributed by atoms with Crippen molar-refractivity contribution in [1.82, 2.24) is 0 Å². The third kappa shape index (κ3) is 3.69. The van der Waals surface area contributed by atoms with Crippen LogP contribution >= 0.6 is 0 Å². The molecule has 0 N–H and O–H groups in total. The van der Waals surface area contributed by atoms with Crippen molar-refractivity contribution in [3.8, 4) is 5.75 Å². The van der Waals surface area contributed by atoms with E-state index in [1.807, 2.05) is 0 Å². The summed E-state index contributed by atoms with van der Waals surface area (Å²) in [5.74, 6) is 4.23. The van der Waals surface area contributed by atoms with E-state index in [-0.39, 0.29) is 5.97 Å². The maximum atomic E-state index is 11.3. The predicted octanol–water partition coefficient (Wildman–Crippen LogP) is 6.68. The summed E-state index contributed by atoms with van der Waals surface area (Å²) in [5.41, 5.74) is 4.77. The minimum atomic E-state index is -0.248. The molecular formula is C25H38O2. The Hall–Kier alpha value is -1.31. The maximum Gasteiger partial charge on any atom is 0.308 e. The van der Waals surface area contributed by atoms with Crippen molar-refractivity contribution in [1.29, 1.82) is 0 Å². The van der Waals surface area contributed by atoms with Gasteiger partial charge in [0.05, 0.1) is 0 Å². The number of carbonyl (C=O) groups is 1. The Labute approximate surface area is 166 Å². The van der Waals surface area contributed by atoms with Crippen LogP contribution in [-0.2, 0) is 4.79 Å². The summed E-state index contributed by atoms with van der Waals surface area (Å²) in [6.45, 7) is 20.5. The van der Waals surface area contributed by atoms with Gasteiger partial charge in [-0.05, 0) is 95.9 Å². The quantitative estimate of drug-likeness (QED) is 0.429. The van der Waals surface area contributed by atoms with Gasteiger partial charge in [-0.15, -0.1) is 0 Å². The Balaban J connectivity index is 1.98. The van der Waals surface area contributed by atoms with Crippen LogP contribution in [0.25, 0.3) is 0 Å². The molecule has 2 saturated carbocycles. The van der Waals surface area contributed by atoms with E-state index >= 15 is 0 Å². The SMILES string of the molecule is CC(=O)Oc1cc(C)c(C2CC3CC2C(C(C)(C)C)C3C(C)(C)C)c(C)c1. The van der Waals surface area contributed by atoms with E-state index in [0.29, 0.717) is 22.5 Å². The number of aryl methyl sites for hydroxylation is 2. The Morgan fingerprint density at radius 2 is 1.44 bits per heavy atom. The van der Waals surface area contributed by atoms with Gasteiger partial charge in [0, 0.05) is 6.92 Å². The van der Waals surface area contributed by atoms with Crippen molar-refractivity contribution in [3.05, 3.63) is 28.8 Å². The minimum Gasteiger partial charge on any atom is -0.427 e. The second kappa shape index (κ2) is 6.64. The Morgan fingerprint density at radius 3 is 1.89 bits per heavy atom. The summed E-state index contributed by atoms with van der Waals surface area (Å²) < 4.78 is 5.35. The summed E-state index contributed by atoms with van der Waals surface area (Å²) >= 11 is 0. The van der Waals surface area contributed by atoms with Gasteiger partial charge in [-0.3, -0.25) is 4.79 Å². The molecule has 0 aromatic heterocycles. The Morgan fingerprint density at radius 1 is 0.926 bits per heavy atom. The molecular weight excluding hydrogens is 332 g/mol. The number of hydrogen-bond donors (Lipinski definition) is 0. The molecule has 3 rings (SSSR count). The van der Waals surface area contributed by atoms with E-state index in [1.165, 1.54) is 36.5 Å².